The van der Waals surface area contributed by atoms with Crippen molar-refractivity contribution >= 4 is 17.3 Å². The highest BCUT2D eigenvalue weighted by Gasteiger charge is 2.28. The molecule has 8 heteroatoms. The SMILES string of the molecule is CC(OS(=O)O)c1c(C(=O)O)ccc2c1OCO2. The Balaban J connectivity index is 2.51. The van der Waals surface area contributed by atoms with Crippen LogP contribution >= 0.6 is 0 Å². The van der Waals surface area contributed by atoms with Gasteiger partial charge in [0.15, 0.2) is 11.5 Å². The van der Waals surface area contributed by atoms with Crippen molar-refractivity contribution in [1.29, 1.82) is 0 Å². The Hall–Kier alpha value is -1.64. The van der Waals surface area contributed by atoms with Crippen LogP contribution in [0.4, 0.5) is 0 Å². The van der Waals surface area contributed by atoms with Crippen LogP contribution in [0.5, 0.6) is 11.5 Å². The molecule has 98 valence electrons. The van der Waals surface area contributed by atoms with Gasteiger partial charge >= 0.3 is 17.3 Å². The monoisotopic (exact) mass is 274 g/mol. The van der Waals surface area contributed by atoms with Gasteiger partial charge in [-0.15, -0.1) is 0 Å². The summed E-state index contributed by atoms with van der Waals surface area (Å²) >= 11 is -2.50. The number of ether oxygens (including phenoxy) is 2. The first-order valence-electron chi connectivity index (χ1n) is 4.94. The number of hydrogen-bond donors (Lipinski definition) is 2. The molecule has 1 aliphatic heterocycles. The van der Waals surface area contributed by atoms with Crippen molar-refractivity contribution in [3.8, 4) is 11.5 Å². The van der Waals surface area contributed by atoms with Gasteiger partial charge in [-0.2, -0.15) is 4.21 Å². The molecule has 7 nitrogen and oxygen atoms in total. The molecule has 0 aliphatic carbocycles. The van der Waals surface area contributed by atoms with E-state index < -0.39 is 23.4 Å². The zero-order chi connectivity index (χ0) is 13.3. The molecule has 1 aromatic rings. The topological polar surface area (TPSA) is 102 Å². The Morgan fingerprint density at radius 1 is 1.50 bits per heavy atom. The zero-order valence-electron chi connectivity index (χ0n) is 9.28. The predicted octanol–water partition coefficient (Wildman–Crippen LogP) is 1.33. The minimum atomic E-state index is -2.50. The normalized spacial score (nSPS) is 16.3. The number of rotatable bonds is 4. The minimum absolute atomic E-state index is 0.0274. The third-order valence-corrected chi connectivity index (χ3v) is 2.89. The summed E-state index contributed by atoms with van der Waals surface area (Å²) in [5, 5.41) is 9.09. The molecule has 0 fully saturated rings. The van der Waals surface area contributed by atoms with Crippen LogP contribution in [0, 0.1) is 0 Å². The maximum Gasteiger partial charge on any atom is 0.336 e. The molecule has 0 bridgehead atoms. The van der Waals surface area contributed by atoms with E-state index in [1.54, 1.807) is 0 Å². The smallest absolute Gasteiger partial charge is 0.336 e. The van der Waals surface area contributed by atoms with Crippen LogP contribution in [0.15, 0.2) is 12.1 Å². The summed E-state index contributed by atoms with van der Waals surface area (Å²) in [7, 11) is 0. The summed E-state index contributed by atoms with van der Waals surface area (Å²) in [4.78, 5) is 11.1. The molecule has 2 N–H and O–H groups in total. The van der Waals surface area contributed by atoms with Crippen LogP contribution in [0.2, 0.25) is 0 Å². The molecule has 1 aliphatic rings. The molecule has 0 amide bonds. The van der Waals surface area contributed by atoms with Gasteiger partial charge in [0.25, 0.3) is 0 Å². The predicted molar refractivity (Wildman–Crippen MR) is 59.8 cm³/mol. The van der Waals surface area contributed by atoms with Crippen molar-refractivity contribution in [2.45, 2.75) is 13.0 Å². The molecule has 18 heavy (non-hydrogen) atoms. The second-order valence-corrected chi connectivity index (χ2v) is 4.15. The number of carboxylic acids is 1. The number of fused-ring (bicyclic) bond motifs is 1. The van der Waals surface area contributed by atoms with E-state index in [0.29, 0.717) is 5.75 Å². The molecule has 1 heterocycles. The van der Waals surface area contributed by atoms with Crippen LogP contribution in [-0.2, 0) is 15.5 Å². The summed E-state index contributed by atoms with van der Waals surface area (Å²) in [6, 6.07) is 2.81. The van der Waals surface area contributed by atoms with E-state index >= 15 is 0 Å². The van der Waals surface area contributed by atoms with Crippen LogP contribution < -0.4 is 9.47 Å². The lowest BCUT2D eigenvalue weighted by Crippen LogP contribution is -2.10. The van der Waals surface area contributed by atoms with Crippen molar-refractivity contribution in [3.05, 3.63) is 23.3 Å². The quantitative estimate of drug-likeness (QED) is 0.798. The average Bonchev–Trinajstić information content (AvgIpc) is 2.73. The second kappa shape index (κ2) is 4.92. The Morgan fingerprint density at radius 3 is 2.83 bits per heavy atom. The van der Waals surface area contributed by atoms with Crippen LogP contribution in [-0.4, -0.2) is 26.6 Å². The number of hydrogen-bond acceptors (Lipinski definition) is 5. The molecule has 0 saturated carbocycles. The lowest BCUT2D eigenvalue weighted by Gasteiger charge is -2.15. The van der Waals surface area contributed by atoms with E-state index in [4.69, 9.17) is 19.1 Å². The van der Waals surface area contributed by atoms with Crippen molar-refractivity contribution < 1.29 is 32.3 Å². The Kier molecular flexibility index (Phi) is 3.50. The molecular weight excluding hydrogens is 264 g/mol. The summed E-state index contributed by atoms with van der Waals surface area (Å²) in [6.45, 7) is 1.43. The summed E-state index contributed by atoms with van der Waals surface area (Å²) in [6.07, 6.45) is -0.918. The van der Waals surface area contributed by atoms with E-state index in [1.807, 2.05) is 0 Å². The Labute approximate surface area is 105 Å². The molecule has 0 spiro atoms. The van der Waals surface area contributed by atoms with Gasteiger partial charge in [-0.1, -0.05) is 0 Å². The Morgan fingerprint density at radius 2 is 2.22 bits per heavy atom. The summed E-state index contributed by atoms with van der Waals surface area (Å²) in [5.41, 5.74) is 0.122. The second-order valence-electron chi connectivity index (χ2n) is 3.52. The van der Waals surface area contributed by atoms with Crippen molar-refractivity contribution in [3.63, 3.8) is 0 Å². The van der Waals surface area contributed by atoms with Crippen LogP contribution in [0.1, 0.15) is 28.9 Å². The van der Waals surface area contributed by atoms with Crippen molar-refractivity contribution in [1.82, 2.24) is 0 Å². The largest absolute Gasteiger partial charge is 0.478 e. The highest BCUT2D eigenvalue weighted by atomic mass is 32.2. The molecule has 2 unspecified atom stereocenters. The number of aromatic carboxylic acids is 1. The van der Waals surface area contributed by atoms with Crippen LogP contribution in [0.3, 0.4) is 0 Å². The number of benzene rings is 1. The van der Waals surface area contributed by atoms with Gasteiger partial charge in [-0.05, 0) is 19.1 Å². The minimum Gasteiger partial charge on any atom is -0.478 e. The lowest BCUT2D eigenvalue weighted by molar-refractivity contribution is 0.0690. The van der Waals surface area contributed by atoms with Crippen molar-refractivity contribution in [2.24, 2.45) is 0 Å². The first kappa shape index (κ1) is 12.8. The molecule has 1 aromatic carbocycles. The van der Waals surface area contributed by atoms with Gasteiger partial charge in [0.05, 0.1) is 5.56 Å². The first-order chi connectivity index (χ1) is 8.50. The van der Waals surface area contributed by atoms with E-state index in [9.17, 15) is 9.00 Å². The third kappa shape index (κ3) is 2.30. The fourth-order valence-electron chi connectivity index (χ4n) is 1.76. The van der Waals surface area contributed by atoms with Crippen molar-refractivity contribution in [2.75, 3.05) is 6.79 Å². The molecule has 2 atom stereocenters. The molecule has 2 rings (SSSR count). The number of carbonyl (C=O) groups is 1. The highest BCUT2D eigenvalue weighted by Crippen LogP contribution is 2.41. The van der Waals surface area contributed by atoms with Gasteiger partial charge in [-0.25, -0.2) is 4.79 Å². The fraction of sp³-hybridized carbons (Fsp3) is 0.300. The van der Waals surface area contributed by atoms with Crippen LogP contribution in [0.25, 0.3) is 0 Å². The van der Waals surface area contributed by atoms with E-state index in [2.05, 4.69) is 4.18 Å². The van der Waals surface area contributed by atoms with E-state index in [0.717, 1.165) is 0 Å². The number of carboxylic acid groups (broad SMARTS) is 1. The lowest BCUT2D eigenvalue weighted by atomic mass is 10.0. The van der Waals surface area contributed by atoms with Gasteiger partial charge in [-0.3, -0.25) is 8.74 Å². The first-order valence-corrected chi connectivity index (χ1v) is 5.97. The van der Waals surface area contributed by atoms with Gasteiger partial charge in [0.1, 0.15) is 6.10 Å². The maximum atomic E-state index is 11.1. The average molecular weight is 274 g/mol. The molecule has 0 saturated heterocycles. The summed E-state index contributed by atoms with van der Waals surface area (Å²) < 4.78 is 34.3. The van der Waals surface area contributed by atoms with Gasteiger partial charge in [0, 0.05) is 5.56 Å². The highest BCUT2D eigenvalue weighted by molar-refractivity contribution is 7.74. The van der Waals surface area contributed by atoms with Gasteiger partial charge in [0.2, 0.25) is 6.79 Å². The zero-order valence-corrected chi connectivity index (χ0v) is 10.1. The fourth-order valence-corrected chi connectivity index (χ4v) is 2.10. The molecule has 0 radical (unpaired) electrons. The molecular formula is C10H10O7S. The van der Waals surface area contributed by atoms with Gasteiger partial charge < -0.3 is 14.6 Å². The third-order valence-electron chi connectivity index (χ3n) is 2.44. The van der Waals surface area contributed by atoms with E-state index in [1.165, 1.54) is 19.1 Å². The maximum absolute atomic E-state index is 11.1. The Bertz CT molecular complexity index is 513. The molecule has 0 aromatic heterocycles. The standard InChI is InChI=1S/C10H10O7S/c1-5(17-18(13)14)8-6(10(11)12)2-3-7-9(8)16-4-15-7/h2-3,5H,4H2,1H3,(H,11,12)(H,13,14). The van der Waals surface area contributed by atoms with E-state index in [-0.39, 0.29) is 23.7 Å². The summed E-state index contributed by atoms with van der Waals surface area (Å²) in [5.74, 6) is -0.565.